The minimum absolute atomic E-state index is 0. The second kappa shape index (κ2) is 11.1. The van der Waals surface area contributed by atoms with E-state index in [0.717, 1.165) is 18.5 Å². The number of anilines is 2. The summed E-state index contributed by atoms with van der Waals surface area (Å²) < 4.78 is 6.97. The number of hydrogen-bond donors (Lipinski definition) is 2. The molecule has 3 aromatic rings. The van der Waals surface area contributed by atoms with Crippen molar-refractivity contribution < 1.29 is 28.4 Å². The molecule has 1 aliphatic heterocycles. The SMILES string of the molecule is COc1cc2nc(C)nn2cc1NC(=O)N1CCc2[c-]ccnc21.[CH2-]CN[C@H]([CH2-])C.[Li+]. The Morgan fingerprint density at radius 1 is 1.45 bits per heavy atom. The number of aromatic nitrogens is 4. The van der Waals surface area contributed by atoms with Gasteiger partial charge in [0.1, 0.15) is 17.3 Å². The molecule has 31 heavy (non-hydrogen) atoms. The van der Waals surface area contributed by atoms with Crippen LogP contribution in [0.25, 0.3) is 5.65 Å². The van der Waals surface area contributed by atoms with Crippen molar-refractivity contribution in [1.29, 1.82) is 0 Å². The second-order valence-corrected chi connectivity index (χ2v) is 6.80. The number of urea groups is 1. The number of fused-ring (bicyclic) bond motifs is 2. The van der Waals surface area contributed by atoms with E-state index in [9.17, 15) is 4.79 Å². The van der Waals surface area contributed by atoms with Gasteiger partial charge in [-0.15, -0.1) is 18.2 Å². The van der Waals surface area contributed by atoms with Crippen molar-refractivity contribution in [3.8, 4) is 5.75 Å². The van der Waals surface area contributed by atoms with Crippen LogP contribution in [0, 0.1) is 26.8 Å². The van der Waals surface area contributed by atoms with E-state index in [1.54, 1.807) is 48.0 Å². The van der Waals surface area contributed by atoms with Crippen LogP contribution in [0.3, 0.4) is 0 Å². The van der Waals surface area contributed by atoms with Crippen molar-refractivity contribution in [1.82, 2.24) is 24.9 Å². The van der Waals surface area contributed by atoms with Crippen molar-refractivity contribution in [3.05, 3.63) is 55.8 Å². The van der Waals surface area contributed by atoms with Crippen molar-refractivity contribution in [2.45, 2.75) is 26.3 Å². The zero-order valence-corrected chi connectivity index (χ0v) is 18.5. The molecule has 160 valence electrons. The Labute approximate surface area is 194 Å². The van der Waals surface area contributed by atoms with Gasteiger partial charge in [0.15, 0.2) is 5.65 Å². The van der Waals surface area contributed by atoms with E-state index >= 15 is 0 Å². The Morgan fingerprint density at radius 3 is 2.87 bits per heavy atom. The normalized spacial score (nSPS) is 13.0. The van der Waals surface area contributed by atoms with Crippen molar-refractivity contribution in [3.63, 3.8) is 0 Å². The number of nitrogens with zero attached hydrogens (tertiary/aromatic N) is 5. The van der Waals surface area contributed by atoms with Crippen molar-refractivity contribution in [2.24, 2.45) is 0 Å². The third-order valence-electron chi connectivity index (χ3n) is 4.38. The Bertz CT molecular complexity index is 1020. The van der Waals surface area contributed by atoms with Crippen LogP contribution in [0.4, 0.5) is 16.3 Å². The van der Waals surface area contributed by atoms with E-state index < -0.39 is 0 Å². The molecular weight excluding hydrogens is 389 g/mol. The maximum absolute atomic E-state index is 12.6. The third-order valence-corrected chi connectivity index (χ3v) is 4.38. The number of carbonyl (C=O) groups is 1. The molecule has 0 bridgehead atoms. The maximum atomic E-state index is 12.6. The van der Waals surface area contributed by atoms with Gasteiger partial charge in [-0.1, -0.05) is 13.1 Å². The van der Waals surface area contributed by atoms with E-state index in [2.05, 4.69) is 45.6 Å². The Hall–Kier alpha value is -2.60. The summed E-state index contributed by atoms with van der Waals surface area (Å²) in [5.74, 6) is 1.82. The monoisotopic (exact) mass is 415 g/mol. The number of rotatable bonds is 4. The van der Waals surface area contributed by atoms with Gasteiger partial charge in [0.2, 0.25) is 0 Å². The molecular formula is C21H26LiN7O2-2. The molecule has 2 N–H and O–H groups in total. The predicted octanol–water partition coefficient (Wildman–Crippen LogP) is -0.527. The summed E-state index contributed by atoms with van der Waals surface area (Å²) in [6, 6.07) is 6.67. The average molecular weight is 415 g/mol. The van der Waals surface area contributed by atoms with Gasteiger partial charge in [-0.2, -0.15) is 17.2 Å². The summed E-state index contributed by atoms with van der Waals surface area (Å²) >= 11 is 0. The number of methoxy groups -OCH3 is 1. The molecule has 10 heteroatoms. The maximum Gasteiger partial charge on any atom is 1.00 e. The Morgan fingerprint density at radius 2 is 2.23 bits per heavy atom. The van der Waals surface area contributed by atoms with Crippen LogP contribution < -0.4 is 39.1 Å². The smallest absolute Gasteiger partial charge is 0.494 e. The van der Waals surface area contributed by atoms with Gasteiger partial charge in [0.25, 0.3) is 0 Å². The van der Waals surface area contributed by atoms with Crippen LogP contribution in [-0.4, -0.2) is 51.9 Å². The Balaban J connectivity index is 0.000000433. The first-order chi connectivity index (χ1) is 14.4. The number of pyridine rings is 2. The summed E-state index contributed by atoms with van der Waals surface area (Å²) in [4.78, 5) is 22.8. The molecule has 0 saturated carbocycles. The molecule has 0 saturated heterocycles. The van der Waals surface area contributed by atoms with Gasteiger partial charge in [0.05, 0.1) is 13.3 Å². The summed E-state index contributed by atoms with van der Waals surface area (Å²) in [6.45, 7) is 12.4. The van der Waals surface area contributed by atoms with Gasteiger partial charge in [-0.25, -0.2) is 14.3 Å². The second-order valence-electron chi connectivity index (χ2n) is 6.80. The molecule has 4 rings (SSSR count). The van der Waals surface area contributed by atoms with Gasteiger partial charge in [-0.3, -0.25) is 0 Å². The summed E-state index contributed by atoms with van der Waals surface area (Å²) in [6.07, 6.45) is 4.07. The number of ether oxygens (including phenoxy) is 1. The molecule has 1 aliphatic rings. The summed E-state index contributed by atoms with van der Waals surface area (Å²) in [7, 11) is 1.55. The van der Waals surface area contributed by atoms with Gasteiger partial charge < -0.3 is 39.1 Å². The number of amides is 2. The fraction of sp³-hybridized carbons (Fsp3) is 0.333. The molecule has 0 spiro atoms. The van der Waals surface area contributed by atoms with Crippen molar-refractivity contribution in [2.75, 3.05) is 30.4 Å². The van der Waals surface area contributed by atoms with Crippen LogP contribution >= 0.6 is 0 Å². The zero-order valence-electron chi connectivity index (χ0n) is 18.5. The molecule has 4 heterocycles. The topological polar surface area (TPSA) is 96.7 Å². The fourth-order valence-corrected chi connectivity index (χ4v) is 3.04. The van der Waals surface area contributed by atoms with E-state index in [0.29, 0.717) is 41.3 Å². The largest absolute Gasteiger partial charge is 1.00 e. The van der Waals surface area contributed by atoms with Crippen LogP contribution in [0.5, 0.6) is 5.75 Å². The average Bonchev–Trinajstić information content (AvgIpc) is 3.29. The first-order valence-electron chi connectivity index (χ1n) is 9.63. The summed E-state index contributed by atoms with van der Waals surface area (Å²) in [5.41, 5.74) is 2.13. The molecule has 9 nitrogen and oxygen atoms in total. The van der Waals surface area contributed by atoms with E-state index in [1.165, 1.54) is 0 Å². The van der Waals surface area contributed by atoms with Gasteiger partial charge in [0, 0.05) is 18.4 Å². The standard InChI is InChI=1S/C16H15N6O2.C5H11N.Li/c1-10-18-14-8-13(24-2)12(9-22(14)20-10)19-16(23)21-7-5-11-4-3-6-17-15(11)21;1-4-6-5(2)3;/h3,6,8-9H,5,7H2,1-2H3,(H,19,23);5-6H,1-2,4H2,3H3;/q-1;-2;+1/t;5-;/m.1./s1. The fourth-order valence-electron chi connectivity index (χ4n) is 3.04. The number of hydrogen-bond acceptors (Lipinski definition) is 6. The number of nitrogens with one attached hydrogen (secondary N) is 2. The number of carbonyl (C=O) groups excluding carboxylic acids is 1. The predicted molar refractivity (Wildman–Crippen MR) is 116 cm³/mol. The van der Waals surface area contributed by atoms with E-state index in [-0.39, 0.29) is 24.9 Å². The van der Waals surface area contributed by atoms with Crippen LogP contribution in [0.2, 0.25) is 0 Å². The number of aryl methyl sites for hydroxylation is 1. The van der Waals surface area contributed by atoms with Crippen LogP contribution in [0.1, 0.15) is 18.3 Å². The summed E-state index contributed by atoms with van der Waals surface area (Å²) in [5, 5.41) is 10.1. The van der Waals surface area contributed by atoms with Crippen LogP contribution in [-0.2, 0) is 6.42 Å². The molecule has 0 fully saturated rings. The molecule has 0 radical (unpaired) electrons. The van der Waals surface area contributed by atoms with E-state index in [4.69, 9.17) is 4.74 Å². The minimum Gasteiger partial charge on any atom is -0.494 e. The van der Waals surface area contributed by atoms with Crippen LogP contribution in [0.15, 0.2) is 24.5 Å². The molecule has 3 aromatic heterocycles. The minimum atomic E-state index is -0.268. The molecule has 0 unspecified atom stereocenters. The molecule has 1 atom stereocenters. The quantitative estimate of drug-likeness (QED) is 0.440. The Kier molecular flexibility index (Phi) is 8.86. The zero-order chi connectivity index (χ0) is 21.7. The molecule has 0 aliphatic carbocycles. The van der Waals surface area contributed by atoms with Gasteiger partial charge >= 0.3 is 24.9 Å². The molecule has 0 aromatic carbocycles. The first-order valence-corrected chi connectivity index (χ1v) is 9.63. The van der Waals surface area contributed by atoms with Gasteiger partial charge in [-0.05, 0) is 13.3 Å². The van der Waals surface area contributed by atoms with E-state index in [1.807, 2.05) is 6.92 Å². The third kappa shape index (κ3) is 5.97. The van der Waals surface area contributed by atoms with Crippen molar-refractivity contribution >= 4 is 23.2 Å². The first kappa shape index (κ1) is 24.7. The molecule has 2 amide bonds.